The maximum absolute atomic E-state index is 12.2. The van der Waals surface area contributed by atoms with Gasteiger partial charge in [0.1, 0.15) is 5.60 Å². The molecule has 0 aromatic rings. The smallest absolute Gasteiger partial charge is 0.410 e. The summed E-state index contributed by atoms with van der Waals surface area (Å²) in [6.45, 7) is 13.5. The van der Waals surface area contributed by atoms with Gasteiger partial charge in [-0.25, -0.2) is 4.79 Å². The van der Waals surface area contributed by atoms with Gasteiger partial charge in [-0.3, -0.25) is 0 Å². The largest absolute Gasteiger partial charge is 0.444 e. The SMILES string of the molecule is C=C/C=C\C(=C/C)SC1(COC)CCN(C(=O)OC(C)(C)C)CC1. The fourth-order valence-corrected chi connectivity index (χ4v) is 3.89. The van der Waals surface area contributed by atoms with Gasteiger partial charge in [0.15, 0.2) is 0 Å². The van der Waals surface area contributed by atoms with Gasteiger partial charge in [0.05, 0.1) is 6.61 Å². The number of hydrogen-bond donors (Lipinski definition) is 0. The van der Waals surface area contributed by atoms with Crippen LogP contribution in [0, 0.1) is 0 Å². The molecule has 0 bridgehead atoms. The number of methoxy groups -OCH3 is 1. The molecule has 0 aliphatic carbocycles. The molecule has 1 aliphatic heterocycles. The predicted octanol–water partition coefficient (Wildman–Crippen LogP) is 4.78. The lowest BCUT2D eigenvalue weighted by molar-refractivity contribution is 0.0169. The summed E-state index contributed by atoms with van der Waals surface area (Å²) in [5.74, 6) is 0. The zero-order valence-corrected chi connectivity index (χ0v) is 16.4. The highest BCUT2D eigenvalue weighted by atomic mass is 32.2. The summed E-state index contributed by atoms with van der Waals surface area (Å²) < 4.78 is 10.9. The van der Waals surface area contributed by atoms with Crippen LogP contribution in [0.1, 0.15) is 40.5 Å². The van der Waals surface area contributed by atoms with Crippen molar-refractivity contribution in [3.63, 3.8) is 0 Å². The number of thioether (sulfide) groups is 1. The van der Waals surface area contributed by atoms with Gasteiger partial charge in [-0.05, 0) is 46.6 Å². The molecular formula is C19H31NO3S. The number of hydrogen-bond acceptors (Lipinski definition) is 4. The second-order valence-electron chi connectivity index (χ2n) is 6.97. The molecule has 24 heavy (non-hydrogen) atoms. The first-order valence-electron chi connectivity index (χ1n) is 8.36. The molecule has 1 fully saturated rings. The third-order valence-electron chi connectivity index (χ3n) is 3.75. The number of allylic oxidation sites excluding steroid dienone is 4. The minimum atomic E-state index is -0.458. The normalized spacial score (nSPS) is 18.7. The van der Waals surface area contributed by atoms with E-state index in [2.05, 4.69) is 18.7 Å². The van der Waals surface area contributed by atoms with E-state index in [-0.39, 0.29) is 10.8 Å². The first kappa shape index (κ1) is 20.8. The molecule has 0 N–H and O–H groups in total. The lowest BCUT2D eigenvalue weighted by Crippen LogP contribution is -2.48. The Morgan fingerprint density at radius 1 is 1.33 bits per heavy atom. The Morgan fingerprint density at radius 2 is 1.96 bits per heavy atom. The van der Waals surface area contributed by atoms with E-state index in [0.717, 1.165) is 12.8 Å². The number of carbonyl (C=O) groups excluding carboxylic acids is 1. The van der Waals surface area contributed by atoms with Gasteiger partial charge in [0.2, 0.25) is 0 Å². The second kappa shape index (κ2) is 9.33. The van der Waals surface area contributed by atoms with Gasteiger partial charge in [0, 0.05) is 29.9 Å². The molecule has 0 aromatic carbocycles. The third-order valence-corrected chi connectivity index (χ3v) is 5.32. The molecule has 0 aromatic heterocycles. The summed E-state index contributed by atoms with van der Waals surface area (Å²) in [5.41, 5.74) is -0.458. The Balaban J connectivity index is 2.74. The van der Waals surface area contributed by atoms with Crippen molar-refractivity contribution in [2.45, 2.75) is 50.9 Å². The van der Waals surface area contributed by atoms with Crippen molar-refractivity contribution >= 4 is 17.9 Å². The Morgan fingerprint density at radius 3 is 2.42 bits per heavy atom. The lowest BCUT2D eigenvalue weighted by Gasteiger charge is -2.41. The van der Waals surface area contributed by atoms with E-state index >= 15 is 0 Å². The monoisotopic (exact) mass is 353 g/mol. The molecule has 4 nitrogen and oxygen atoms in total. The van der Waals surface area contributed by atoms with Crippen LogP contribution in [0.5, 0.6) is 0 Å². The van der Waals surface area contributed by atoms with Crippen LogP contribution in [0.15, 0.2) is 35.8 Å². The number of nitrogens with zero attached hydrogens (tertiary/aromatic N) is 1. The van der Waals surface area contributed by atoms with Gasteiger partial charge < -0.3 is 14.4 Å². The summed E-state index contributed by atoms with van der Waals surface area (Å²) in [5, 5.41) is 0. The average molecular weight is 354 g/mol. The summed E-state index contributed by atoms with van der Waals surface area (Å²) >= 11 is 1.83. The molecule has 0 radical (unpaired) electrons. The summed E-state index contributed by atoms with van der Waals surface area (Å²) in [6, 6.07) is 0. The molecular weight excluding hydrogens is 322 g/mol. The maximum atomic E-state index is 12.2. The highest BCUT2D eigenvalue weighted by Crippen LogP contribution is 2.41. The number of ether oxygens (including phenoxy) is 2. The first-order valence-corrected chi connectivity index (χ1v) is 9.18. The Labute approximate surface area is 151 Å². The van der Waals surface area contributed by atoms with Crippen molar-refractivity contribution in [3.8, 4) is 0 Å². The van der Waals surface area contributed by atoms with Gasteiger partial charge in [-0.2, -0.15) is 0 Å². The van der Waals surface area contributed by atoms with Crippen molar-refractivity contribution in [1.29, 1.82) is 0 Å². The van der Waals surface area contributed by atoms with E-state index in [0.29, 0.717) is 19.7 Å². The number of carbonyl (C=O) groups is 1. The van der Waals surface area contributed by atoms with Crippen LogP contribution in [0.4, 0.5) is 4.79 Å². The number of piperidine rings is 1. The fourth-order valence-electron chi connectivity index (χ4n) is 2.56. The molecule has 0 unspecified atom stereocenters. The zero-order chi connectivity index (χ0) is 18.2. The molecule has 1 rings (SSSR count). The van der Waals surface area contributed by atoms with E-state index in [1.807, 2.05) is 45.5 Å². The second-order valence-corrected chi connectivity index (χ2v) is 8.51. The van der Waals surface area contributed by atoms with Crippen LogP contribution in [0.25, 0.3) is 0 Å². The summed E-state index contributed by atoms with van der Waals surface area (Å²) in [7, 11) is 1.73. The van der Waals surface area contributed by atoms with Crippen LogP contribution >= 0.6 is 11.8 Å². The van der Waals surface area contributed by atoms with E-state index in [1.165, 1.54) is 4.91 Å². The molecule has 136 valence electrons. The molecule has 1 heterocycles. The van der Waals surface area contributed by atoms with Crippen molar-refractivity contribution < 1.29 is 14.3 Å². The number of rotatable bonds is 6. The van der Waals surface area contributed by atoms with Gasteiger partial charge >= 0.3 is 6.09 Å². The zero-order valence-electron chi connectivity index (χ0n) is 15.6. The van der Waals surface area contributed by atoms with Crippen molar-refractivity contribution in [1.82, 2.24) is 4.90 Å². The van der Waals surface area contributed by atoms with Crippen LogP contribution in [0.3, 0.4) is 0 Å². The Bertz CT molecular complexity index is 483. The Hall–Kier alpha value is -1.20. The van der Waals surface area contributed by atoms with Crippen LogP contribution < -0.4 is 0 Å². The van der Waals surface area contributed by atoms with Crippen molar-refractivity contribution in [2.75, 3.05) is 26.8 Å². The highest BCUT2D eigenvalue weighted by molar-refractivity contribution is 8.04. The molecule has 0 saturated carbocycles. The van der Waals surface area contributed by atoms with E-state index in [4.69, 9.17) is 9.47 Å². The topological polar surface area (TPSA) is 38.8 Å². The van der Waals surface area contributed by atoms with E-state index in [9.17, 15) is 4.79 Å². The minimum Gasteiger partial charge on any atom is -0.444 e. The standard InChI is InChI=1S/C19H31NO3S/c1-7-9-10-16(8-2)24-19(15-22-6)11-13-20(14-12-19)17(21)23-18(3,4)5/h7-10H,1,11-15H2,2-6H3/b10-9-,16-8+. The van der Waals surface area contributed by atoms with E-state index in [1.54, 1.807) is 18.1 Å². The molecule has 1 amide bonds. The molecule has 5 heteroatoms. The highest BCUT2D eigenvalue weighted by Gasteiger charge is 2.38. The van der Waals surface area contributed by atoms with Gasteiger partial charge in [0.25, 0.3) is 0 Å². The fraction of sp³-hybridized carbons (Fsp3) is 0.632. The summed E-state index contributed by atoms with van der Waals surface area (Å²) in [4.78, 5) is 15.2. The predicted molar refractivity (Wildman–Crippen MR) is 102 cm³/mol. The lowest BCUT2D eigenvalue weighted by atomic mass is 9.97. The van der Waals surface area contributed by atoms with Crippen LogP contribution in [0.2, 0.25) is 0 Å². The van der Waals surface area contributed by atoms with E-state index < -0.39 is 5.60 Å². The van der Waals surface area contributed by atoms with Gasteiger partial charge in [-0.15, -0.1) is 11.8 Å². The number of likely N-dealkylation sites (tertiary alicyclic amines) is 1. The molecule has 1 saturated heterocycles. The first-order chi connectivity index (χ1) is 11.2. The Kier molecular flexibility index (Phi) is 8.10. The van der Waals surface area contributed by atoms with Crippen LogP contribution in [-0.4, -0.2) is 48.1 Å². The van der Waals surface area contributed by atoms with Crippen molar-refractivity contribution in [2.24, 2.45) is 0 Å². The van der Waals surface area contributed by atoms with Gasteiger partial charge in [-0.1, -0.05) is 24.8 Å². The van der Waals surface area contributed by atoms with Crippen molar-refractivity contribution in [3.05, 3.63) is 35.8 Å². The molecule has 0 spiro atoms. The maximum Gasteiger partial charge on any atom is 0.410 e. The minimum absolute atomic E-state index is 0.0133. The number of amides is 1. The quantitative estimate of drug-likeness (QED) is 0.644. The van der Waals surface area contributed by atoms with Crippen LogP contribution in [-0.2, 0) is 9.47 Å². The average Bonchev–Trinajstić information content (AvgIpc) is 2.50. The third kappa shape index (κ3) is 6.73. The molecule has 1 aliphatic rings. The molecule has 0 atom stereocenters. The summed E-state index contributed by atoms with van der Waals surface area (Å²) in [6.07, 6.45) is 9.42.